The summed E-state index contributed by atoms with van der Waals surface area (Å²) in [4.78, 5) is 38.9. The van der Waals surface area contributed by atoms with Gasteiger partial charge in [-0.1, -0.05) is 29.8 Å². The van der Waals surface area contributed by atoms with Crippen molar-refractivity contribution in [3.05, 3.63) is 90.7 Å². The van der Waals surface area contributed by atoms with Crippen LogP contribution >= 0.6 is 43.6 Å². The molecule has 1 aliphatic rings. The summed E-state index contributed by atoms with van der Waals surface area (Å²) in [6, 6.07) is 13.9. The third-order valence-electron chi connectivity index (χ3n) is 5.76. The van der Waals surface area contributed by atoms with E-state index in [1.165, 1.54) is 13.2 Å². The molecule has 13 heteroatoms. The van der Waals surface area contributed by atoms with Crippen LogP contribution in [0, 0.1) is 6.92 Å². The normalized spacial score (nSPS) is 14.5. The van der Waals surface area contributed by atoms with Crippen LogP contribution < -0.4 is 14.8 Å². The zero-order valence-corrected chi connectivity index (χ0v) is 25.5. The summed E-state index contributed by atoms with van der Waals surface area (Å²) in [7, 11) is 1.24. The summed E-state index contributed by atoms with van der Waals surface area (Å²) in [5.74, 6) is -1.04. The van der Waals surface area contributed by atoms with Crippen LogP contribution in [0.15, 0.2) is 68.4 Å². The number of benzene rings is 3. The molecular weight excluding hydrogens is 693 g/mol. The fraction of sp³-hybridized carbons (Fsp3) is 0.179. The fourth-order valence-corrected chi connectivity index (χ4v) is 6.15. The highest BCUT2D eigenvalue weighted by Crippen LogP contribution is 2.39. The molecular formula is C28H21Br2F3N2O5S. The number of amides is 3. The zero-order chi connectivity index (χ0) is 29.9. The maximum Gasteiger partial charge on any atom is 0.416 e. The lowest BCUT2D eigenvalue weighted by Gasteiger charge is -2.16. The van der Waals surface area contributed by atoms with Crippen molar-refractivity contribution in [3.63, 3.8) is 0 Å². The third kappa shape index (κ3) is 7.52. The first-order valence-corrected chi connectivity index (χ1v) is 14.2. The number of aryl methyl sites for hydroxylation is 1. The first kappa shape index (κ1) is 30.7. The lowest BCUT2D eigenvalue weighted by molar-refractivity contribution is -0.137. The molecule has 0 saturated carbocycles. The van der Waals surface area contributed by atoms with E-state index in [0.29, 0.717) is 44.7 Å². The molecule has 3 aromatic carbocycles. The lowest BCUT2D eigenvalue weighted by Crippen LogP contribution is -2.36. The average molecular weight is 714 g/mol. The van der Waals surface area contributed by atoms with Crippen molar-refractivity contribution in [1.82, 2.24) is 4.90 Å². The molecule has 1 saturated heterocycles. The van der Waals surface area contributed by atoms with Crippen LogP contribution in [-0.2, 0) is 22.4 Å². The molecule has 0 bridgehead atoms. The van der Waals surface area contributed by atoms with Crippen molar-refractivity contribution in [2.24, 2.45) is 0 Å². The molecule has 1 aliphatic heterocycles. The predicted octanol–water partition coefficient (Wildman–Crippen LogP) is 7.80. The fourth-order valence-electron chi connectivity index (χ4n) is 3.86. The van der Waals surface area contributed by atoms with E-state index in [0.717, 1.165) is 28.2 Å². The number of carbonyl (C=O) groups excluding carboxylic acids is 3. The van der Waals surface area contributed by atoms with E-state index in [9.17, 15) is 27.6 Å². The van der Waals surface area contributed by atoms with Gasteiger partial charge in [0.15, 0.2) is 0 Å². The van der Waals surface area contributed by atoms with Crippen LogP contribution in [0.25, 0.3) is 6.08 Å². The molecule has 41 heavy (non-hydrogen) atoms. The molecule has 1 N–H and O–H groups in total. The lowest BCUT2D eigenvalue weighted by atomic mass is 10.1. The Bertz CT molecular complexity index is 1540. The van der Waals surface area contributed by atoms with E-state index >= 15 is 0 Å². The van der Waals surface area contributed by atoms with Gasteiger partial charge in [0.2, 0.25) is 5.91 Å². The molecule has 0 radical (unpaired) electrons. The molecule has 0 aromatic heterocycles. The summed E-state index contributed by atoms with van der Waals surface area (Å²) >= 11 is 7.61. The number of halogens is 5. The van der Waals surface area contributed by atoms with Crippen molar-refractivity contribution in [2.75, 3.05) is 19.0 Å². The number of thioether (sulfide) groups is 1. The number of ether oxygens (including phenoxy) is 2. The Morgan fingerprint density at radius 2 is 1.78 bits per heavy atom. The maximum atomic E-state index is 13.1. The Hall–Kier alpha value is -3.29. The van der Waals surface area contributed by atoms with Gasteiger partial charge >= 0.3 is 6.18 Å². The predicted molar refractivity (Wildman–Crippen MR) is 157 cm³/mol. The van der Waals surface area contributed by atoms with Crippen molar-refractivity contribution in [3.8, 4) is 11.5 Å². The smallest absolute Gasteiger partial charge is 0.416 e. The first-order valence-electron chi connectivity index (χ1n) is 11.8. The summed E-state index contributed by atoms with van der Waals surface area (Å²) in [5, 5.41) is 1.60. The van der Waals surface area contributed by atoms with Crippen molar-refractivity contribution in [1.29, 1.82) is 0 Å². The molecule has 3 aromatic rings. The average Bonchev–Trinajstić information content (AvgIpc) is 3.14. The maximum absolute atomic E-state index is 13.1. The number of imide groups is 1. The Labute approximate surface area is 254 Å². The van der Waals surface area contributed by atoms with E-state index in [4.69, 9.17) is 9.47 Å². The number of alkyl halides is 3. The quantitative estimate of drug-likeness (QED) is 0.240. The van der Waals surface area contributed by atoms with E-state index in [-0.39, 0.29) is 16.3 Å². The number of nitrogens with one attached hydrogen (secondary N) is 1. The third-order valence-corrected chi connectivity index (χ3v) is 7.85. The number of hydrogen-bond donors (Lipinski definition) is 1. The SMILES string of the molecule is COc1ccc(C(F)(F)F)cc1NC(=O)CN1C(=O)S/C(=C\c2cc(Br)c(OCc3cccc(C)c3)c(Br)c2)C1=O. The van der Waals surface area contributed by atoms with Crippen LogP contribution in [0.3, 0.4) is 0 Å². The highest BCUT2D eigenvalue weighted by atomic mass is 79.9. The van der Waals surface area contributed by atoms with Crippen molar-refractivity contribution >= 4 is 72.4 Å². The summed E-state index contributed by atoms with van der Waals surface area (Å²) in [5.41, 5.74) is 1.45. The van der Waals surface area contributed by atoms with Gasteiger partial charge in [0.05, 0.1) is 32.2 Å². The van der Waals surface area contributed by atoms with Crippen LogP contribution in [0.5, 0.6) is 11.5 Å². The first-order chi connectivity index (χ1) is 19.3. The molecule has 0 atom stereocenters. The second-order valence-corrected chi connectivity index (χ2v) is 11.5. The Morgan fingerprint density at radius 1 is 1.07 bits per heavy atom. The topological polar surface area (TPSA) is 84.9 Å². The minimum absolute atomic E-state index is 0.0113. The van der Waals surface area contributed by atoms with Gasteiger partial charge in [-0.15, -0.1) is 0 Å². The Balaban J connectivity index is 1.45. The zero-order valence-electron chi connectivity index (χ0n) is 21.5. The molecule has 214 valence electrons. The number of rotatable bonds is 8. The molecule has 4 rings (SSSR count). The molecule has 1 heterocycles. The van der Waals surface area contributed by atoms with Gasteiger partial charge in [0.25, 0.3) is 11.1 Å². The van der Waals surface area contributed by atoms with Gasteiger partial charge < -0.3 is 14.8 Å². The van der Waals surface area contributed by atoms with Gasteiger partial charge in [-0.05, 0) is 98.1 Å². The minimum Gasteiger partial charge on any atom is -0.495 e. The molecule has 7 nitrogen and oxygen atoms in total. The van der Waals surface area contributed by atoms with Crippen LogP contribution in [-0.4, -0.2) is 35.6 Å². The largest absolute Gasteiger partial charge is 0.495 e. The van der Waals surface area contributed by atoms with Gasteiger partial charge in [-0.25, -0.2) is 0 Å². The highest BCUT2D eigenvalue weighted by molar-refractivity contribution is 9.11. The monoisotopic (exact) mass is 712 g/mol. The van der Waals surface area contributed by atoms with Crippen LogP contribution in [0.4, 0.5) is 23.7 Å². The summed E-state index contributed by atoms with van der Waals surface area (Å²) in [6.45, 7) is 1.64. The van der Waals surface area contributed by atoms with E-state index in [1.807, 2.05) is 31.2 Å². The number of anilines is 1. The van der Waals surface area contributed by atoms with Crippen molar-refractivity contribution in [2.45, 2.75) is 19.7 Å². The molecule has 0 aliphatic carbocycles. The standard InChI is InChI=1S/C28H21Br2F3N2O5S/c1-15-4-3-5-16(8-15)14-40-25-19(29)9-17(10-20(25)30)11-23-26(37)35(27(38)41-23)13-24(36)34-21-12-18(28(31,32)33)6-7-22(21)39-2/h3-12H,13-14H2,1-2H3,(H,34,36)/b23-11-. The van der Waals surface area contributed by atoms with Crippen LogP contribution in [0.2, 0.25) is 0 Å². The molecule has 0 unspecified atom stereocenters. The second kappa shape index (κ2) is 12.7. The van der Waals surface area contributed by atoms with E-state index in [2.05, 4.69) is 37.2 Å². The van der Waals surface area contributed by atoms with Gasteiger partial charge in [-0.2, -0.15) is 13.2 Å². The number of methoxy groups -OCH3 is 1. The second-order valence-electron chi connectivity index (χ2n) is 8.82. The van der Waals surface area contributed by atoms with E-state index < -0.39 is 35.3 Å². The summed E-state index contributed by atoms with van der Waals surface area (Å²) < 4.78 is 51.5. The molecule has 1 fully saturated rings. The minimum atomic E-state index is -4.64. The van der Waals surface area contributed by atoms with Gasteiger partial charge in [0.1, 0.15) is 24.7 Å². The van der Waals surface area contributed by atoms with Crippen LogP contribution in [0.1, 0.15) is 22.3 Å². The molecule has 0 spiro atoms. The Morgan fingerprint density at radius 3 is 2.41 bits per heavy atom. The highest BCUT2D eigenvalue weighted by Gasteiger charge is 2.37. The number of hydrogen-bond acceptors (Lipinski definition) is 6. The Kier molecular flexibility index (Phi) is 9.50. The van der Waals surface area contributed by atoms with Gasteiger partial charge in [0, 0.05) is 0 Å². The van der Waals surface area contributed by atoms with Gasteiger partial charge in [-0.3, -0.25) is 19.3 Å². The van der Waals surface area contributed by atoms with Crippen molar-refractivity contribution < 1.29 is 37.0 Å². The number of carbonyl (C=O) groups is 3. The molecule has 3 amide bonds. The van der Waals surface area contributed by atoms with E-state index in [1.54, 1.807) is 12.1 Å². The number of nitrogens with zero attached hydrogens (tertiary/aromatic N) is 1. The summed E-state index contributed by atoms with van der Waals surface area (Å²) in [6.07, 6.45) is -3.14.